The number of carbonyl (C=O) groups is 1. The quantitative estimate of drug-likeness (QED) is 0.782. The standard InChI is InChI=1S/C13H9ClN4O3S/c14-10-6-15-8-18-7-11(16-12(10)18)13(19)17-22(20,21)9-4-2-1-3-5-9/h1-8H,(H,17,19). The van der Waals surface area contributed by atoms with E-state index in [4.69, 9.17) is 11.6 Å². The number of fused-ring (bicyclic) bond motifs is 1. The lowest BCUT2D eigenvalue weighted by Crippen LogP contribution is -2.30. The van der Waals surface area contributed by atoms with Crippen molar-refractivity contribution < 1.29 is 13.2 Å². The van der Waals surface area contributed by atoms with Gasteiger partial charge in [-0.05, 0) is 12.1 Å². The molecule has 0 aliphatic rings. The van der Waals surface area contributed by atoms with Gasteiger partial charge < -0.3 is 0 Å². The number of sulfonamides is 1. The molecule has 0 unspecified atom stereocenters. The van der Waals surface area contributed by atoms with Crippen LogP contribution in [0.2, 0.25) is 5.02 Å². The molecule has 2 aromatic heterocycles. The molecule has 2 heterocycles. The Labute approximate surface area is 130 Å². The summed E-state index contributed by atoms with van der Waals surface area (Å²) < 4.78 is 27.6. The molecule has 0 atom stereocenters. The average Bonchev–Trinajstić information content (AvgIpc) is 2.93. The number of aromatic nitrogens is 3. The molecule has 7 nitrogen and oxygen atoms in total. The van der Waals surface area contributed by atoms with Gasteiger partial charge in [0.15, 0.2) is 5.65 Å². The summed E-state index contributed by atoms with van der Waals surface area (Å²) >= 11 is 5.91. The van der Waals surface area contributed by atoms with Crippen molar-refractivity contribution in [2.24, 2.45) is 0 Å². The van der Waals surface area contributed by atoms with Gasteiger partial charge in [0.05, 0.1) is 11.1 Å². The first-order valence-corrected chi connectivity index (χ1v) is 7.94. The summed E-state index contributed by atoms with van der Waals surface area (Å²) in [5.41, 5.74) is 0.244. The van der Waals surface area contributed by atoms with E-state index in [0.717, 1.165) is 0 Å². The minimum atomic E-state index is -3.95. The highest BCUT2D eigenvalue weighted by molar-refractivity contribution is 7.90. The number of rotatable bonds is 3. The molecule has 0 aliphatic carbocycles. The maximum absolute atomic E-state index is 12.1. The zero-order chi connectivity index (χ0) is 15.7. The molecule has 0 aliphatic heterocycles. The van der Waals surface area contributed by atoms with Gasteiger partial charge in [0.1, 0.15) is 17.0 Å². The van der Waals surface area contributed by atoms with Crippen molar-refractivity contribution in [2.45, 2.75) is 4.90 Å². The monoisotopic (exact) mass is 336 g/mol. The molecule has 9 heteroatoms. The Balaban J connectivity index is 1.92. The maximum atomic E-state index is 12.1. The van der Waals surface area contributed by atoms with Gasteiger partial charge in [-0.15, -0.1) is 0 Å². The Morgan fingerprint density at radius 3 is 2.64 bits per heavy atom. The zero-order valence-corrected chi connectivity index (χ0v) is 12.5. The molecule has 3 rings (SSSR count). The van der Waals surface area contributed by atoms with E-state index in [1.807, 2.05) is 4.72 Å². The summed E-state index contributed by atoms with van der Waals surface area (Å²) in [7, 11) is -3.95. The highest BCUT2D eigenvalue weighted by atomic mass is 35.5. The Hall–Kier alpha value is -2.45. The van der Waals surface area contributed by atoms with Gasteiger partial charge in [-0.1, -0.05) is 29.8 Å². The van der Waals surface area contributed by atoms with E-state index in [0.29, 0.717) is 5.65 Å². The molecular weight excluding hydrogens is 328 g/mol. The molecule has 0 spiro atoms. The number of benzene rings is 1. The minimum Gasteiger partial charge on any atom is -0.288 e. The summed E-state index contributed by atoms with van der Waals surface area (Å²) in [5.74, 6) is -0.844. The molecule has 0 saturated heterocycles. The first-order valence-electron chi connectivity index (χ1n) is 6.08. The SMILES string of the molecule is O=C(NS(=O)(=O)c1ccccc1)c1cn2cncc(Cl)c2n1. The second-order valence-corrected chi connectivity index (χ2v) is 6.44. The van der Waals surface area contributed by atoms with Crippen LogP contribution in [0.15, 0.2) is 53.9 Å². The molecule has 0 fully saturated rings. The van der Waals surface area contributed by atoms with Crippen molar-refractivity contribution >= 4 is 33.2 Å². The smallest absolute Gasteiger partial charge is 0.285 e. The van der Waals surface area contributed by atoms with E-state index in [-0.39, 0.29) is 15.6 Å². The Morgan fingerprint density at radius 1 is 1.23 bits per heavy atom. The van der Waals surface area contributed by atoms with Crippen LogP contribution >= 0.6 is 11.6 Å². The third-order valence-corrected chi connectivity index (χ3v) is 4.45. The summed E-state index contributed by atoms with van der Waals surface area (Å²) in [6, 6.07) is 7.59. The Morgan fingerprint density at radius 2 is 1.95 bits per heavy atom. The van der Waals surface area contributed by atoms with Crippen LogP contribution in [0.3, 0.4) is 0 Å². The molecule has 0 bridgehead atoms. The van der Waals surface area contributed by atoms with Crippen molar-refractivity contribution in [3.63, 3.8) is 0 Å². The van der Waals surface area contributed by atoms with E-state index in [2.05, 4.69) is 9.97 Å². The van der Waals surface area contributed by atoms with Gasteiger partial charge in [0, 0.05) is 6.20 Å². The molecule has 3 aromatic rings. The van der Waals surface area contributed by atoms with Gasteiger partial charge >= 0.3 is 0 Å². The summed E-state index contributed by atoms with van der Waals surface area (Å²) in [6.45, 7) is 0. The van der Waals surface area contributed by atoms with Crippen LogP contribution in [0.1, 0.15) is 10.5 Å². The number of imidazole rings is 1. The zero-order valence-electron chi connectivity index (χ0n) is 11.0. The summed E-state index contributed by atoms with van der Waals surface area (Å²) in [4.78, 5) is 19.9. The summed E-state index contributed by atoms with van der Waals surface area (Å²) in [6.07, 6.45) is 4.15. The largest absolute Gasteiger partial charge is 0.288 e. The third-order valence-electron chi connectivity index (χ3n) is 2.84. The molecule has 0 saturated carbocycles. The topological polar surface area (TPSA) is 93.4 Å². The minimum absolute atomic E-state index is 0.00758. The number of halogens is 1. The number of hydrogen-bond donors (Lipinski definition) is 1. The van der Waals surface area contributed by atoms with Crippen LogP contribution in [-0.4, -0.2) is 28.7 Å². The Bertz CT molecular complexity index is 954. The third kappa shape index (κ3) is 2.66. The fourth-order valence-corrected chi connectivity index (χ4v) is 3.01. The molecule has 0 radical (unpaired) electrons. The first kappa shape index (κ1) is 14.5. The summed E-state index contributed by atoms with van der Waals surface area (Å²) in [5, 5.41) is 0.257. The van der Waals surface area contributed by atoms with Crippen LogP contribution in [0.4, 0.5) is 0 Å². The fourth-order valence-electron chi connectivity index (χ4n) is 1.83. The Kier molecular flexibility index (Phi) is 3.55. The van der Waals surface area contributed by atoms with E-state index >= 15 is 0 Å². The first-order chi connectivity index (χ1) is 10.5. The average molecular weight is 337 g/mol. The lowest BCUT2D eigenvalue weighted by molar-refractivity contribution is 0.0977. The van der Waals surface area contributed by atoms with Gasteiger partial charge in [0.2, 0.25) is 0 Å². The van der Waals surface area contributed by atoms with E-state index in [1.54, 1.807) is 18.2 Å². The van der Waals surface area contributed by atoms with Gasteiger partial charge in [-0.2, -0.15) is 0 Å². The van der Waals surface area contributed by atoms with Crippen LogP contribution < -0.4 is 4.72 Å². The van der Waals surface area contributed by atoms with Gasteiger partial charge in [0.25, 0.3) is 15.9 Å². The van der Waals surface area contributed by atoms with Crippen molar-refractivity contribution in [3.8, 4) is 0 Å². The van der Waals surface area contributed by atoms with Crippen LogP contribution in [0.5, 0.6) is 0 Å². The molecule has 22 heavy (non-hydrogen) atoms. The molecule has 1 N–H and O–H groups in total. The van der Waals surface area contributed by atoms with Crippen molar-refractivity contribution in [1.29, 1.82) is 0 Å². The second-order valence-electron chi connectivity index (χ2n) is 4.35. The van der Waals surface area contributed by atoms with Crippen LogP contribution in [-0.2, 0) is 10.0 Å². The maximum Gasteiger partial charge on any atom is 0.285 e. The normalized spacial score (nSPS) is 11.5. The highest BCUT2D eigenvalue weighted by Gasteiger charge is 2.20. The van der Waals surface area contributed by atoms with Gasteiger partial charge in [-0.25, -0.2) is 23.1 Å². The van der Waals surface area contributed by atoms with E-state index in [1.165, 1.54) is 35.3 Å². The lowest BCUT2D eigenvalue weighted by atomic mass is 10.4. The highest BCUT2D eigenvalue weighted by Crippen LogP contribution is 2.15. The second kappa shape index (κ2) is 5.39. The van der Waals surface area contributed by atoms with Crippen molar-refractivity contribution in [2.75, 3.05) is 0 Å². The lowest BCUT2D eigenvalue weighted by Gasteiger charge is -2.04. The van der Waals surface area contributed by atoms with Crippen molar-refractivity contribution in [1.82, 2.24) is 19.1 Å². The molecule has 1 amide bonds. The number of nitrogens with one attached hydrogen (secondary N) is 1. The predicted molar refractivity (Wildman–Crippen MR) is 79.1 cm³/mol. The predicted octanol–water partition coefficient (Wildman–Crippen LogP) is 1.50. The van der Waals surface area contributed by atoms with Crippen LogP contribution in [0.25, 0.3) is 5.65 Å². The molecule has 1 aromatic carbocycles. The van der Waals surface area contributed by atoms with E-state index in [9.17, 15) is 13.2 Å². The number of hydrogen-bond acceptors (Lipinski definition) is 5. The fraction of sp³-hybridized carbons (Fsp3) is 0. The number of carbonyl (C=O) groups excluding carboxylic acids is 1. The molecular formula is C13H9ClN4O3S. The number of nitrogens with zero attached hydrogens (tertiary/aromatic N) is 3. The molecule has 112 valence electrons. The van der Waals surface area contributed by atoms with Gasteiger partial charge in [-0.3, -0.25) is 9.20 Å². The van der Waals surface area contributed by atoms with Crippen molar-refractivity contribution in [3.05, 3.63) is 59.8 Å². The van der Waals surface area contributed by atoms with Crippen LogP contribution in [0, 0.1) is 0 Å². The number of amides is 1. The van der Waals surface area contributed by atoms with E-state index < -0.39 is 15.9 Å².